The van der Waals surface area contributed by atoms with Gasteiger partial charge in [-0.3, -0.25) is 4.79 Å². The molecule has 0 radical (unpaired) electrons. The van der Waals surface area contributed by atoms with E-state index in [9.17, 15) is 19.8 Å². The van der Waals surface area contributed by atoms with Crippen molar-refractivity contribution in [2.45, 2.75) is 38.5 Å². The Morgan fingerprint density at radius 1 is 0.880 bits per heavy atom. The first kappa shape index (κ1) is 33.3. The van der Waals surface area contributed by atoms with Crippen LogP contribution in [0.1, 0.15) is 36.5 Å². The topological polar surface area (TPSA) is 102 Å². The van der Waals surface area contributed by atoms with Gasteiger partial charge < -0.3 is 19.5 Å². The summed E-state index contributed by atoms with van der Waals surface area (Å²) < 4.78 is 7.14. The second-order valence-electron chi connectivity index (χ2n) is 12.5. The molecule has 0 amide bonds. The molecule has 7 nitrogen and oxygen atoms in total. The number of para-hydroxylation sites is 1. The molecule has 0 unspecified atom stereocenters. The first-order valence-corrected chi connectivity index (χ1v) is 18.8. The minimum absolute atomic E-state index is 0.0298. The highest BCUT2D eigenvalue weighted by Gasteiger charge is 2.45. The highest BCUT2D eigenvalue weighted by molar-refractivity contribution is 7.95. The van der Waals surface area contributed by atoms with Crippen molar-refractivity contribution >= 4 is 40.0 Å². The van der Waals surface area contributed by atoms with Crippen LogP contribution in [-0.2, 0) is 28.3 Å². The van der Waals surface area contributed by atoms with E-state index < -0.39 is 31.0 Å². The Kier molecular flexibility index (Phi) is 9.30. The number of benzene rings is 4. The van der Waals surface area contributed by atoms with E-state index in [4.69, 9.17) is 9.72 Å². The van der Waals surface area contributed by atoms with Gasteiger partial charge in [0.25, 0.3) is 5.56 Å². The van der Waals surface area contributed by atoms with E-state index in [0.29, 0.717) is 17.8 Å². The number of hydrogen-bond acceptors (Lipinski definition) is 6. The smallest absolute Gasteiger partial charge is 0.347 e. The van der Waals surface area contributed by atoms with E-state index >= 15 is 0 Å². The Hall–Kier alpha value is -5.20. The Labute approximate surface area is 291 Å². The number of aromatic nitrogens is 2. The third-order valence-electron chi connectivity index (χ3n) is 9.72. The van der Waals surface area contributed by atoms with Crippen molar-refractivity contribution in [3.8, 4) is 11.4 Å². The molecule has 4 aromatic carbocycles. The molecule has 1 atom stereocenters. The molecule has 2 aromatic heterocycles. The van der Waals surface area contributed by atoms with Crippen LogP contribution in [0.15, 0.2) is 145 Å². The number of carbonyl (C=O) groups excluding carboxylic acids is 1. The van der Waals surface area contributed by atoms with Crippen LogP contribution >= 0.6 is 7.26 Å². The van der Waals surface area contributed by atoms with Crippen LogP contribution in [0.4, 0.5) is 0 Å². The molecule has 2 N–H and O–H groups in total. The van der Waals surface area contributed by atoms with Crippen molar-refractivity contribution in [1.29, 1.82) is 0 Å². The molecule has 0 saturated carbocycles. The number of ether oxygens (including phenoxy) is 1. The lowest BCUT2D eigenvalue weighted by Crippen LogP contribution is -2.40. The summed E-state index contributed by atoms with van der Waals surface area (Å²) in [5.74, 6) is -0.921. The van der Waals surface area contributed by atoms with Crippen LogP contribution in [0, 0.1) is 0 Å². The number of rotatable bonds is 11. The summed E-state index contributed by atoms with van der Waals surface area (Å²) in [4.78, 5) is 32.2. The SMILES string of the molecule is CC[C@@](O)(C(=O)O/C=C/CC[P+](c1ccccc1)(c1ccccc1)c1ccccc1)c1cc2n(c(=O)c1CO)Cc1cc3ccccc3nc1-2. The highest BCUT2D eigenvalue weighted by atomic mass is 31.2. The molecule has 1 aliphatic rings. The number of pyridine rings is 2. The summed E-state index contributed by atoms with van der Waals surface area (Å²) in [5, 5.41) is 27.0. The largest absolute Gasteiger partial charge is 0.432 e. The third-order valence-corrected chi connectivity index (χ3v) is 14.2. The van der Waals surface area contributed by atoms with Gasteiger partial charge in [0, 0.05) is 28.5 Å². The van der Waals surface area contributed by atoms with Gasteiger partial charge in [0.05, 0.1) is 42.5 Å². The Morgan fingerprint density at radius 2 is 1.46 bits per heavy atom. The fourth-order valence-corrected chi connectivity index (χ4v) is 11.4. The molecular weight excluding hydrogens is 643 g/mol. The molecule has 7 rings (SSSR count). The van der Waals surface area contributed by atoms with Crippen molar-refractivity contribution in [3.63, 3.8) is 0 Å². The van der Waals surface area contributed by atoms with Gasteiger partial charge >= 0.3 is 5.97 Å². The average Bonchev–Trinajstić information content (AvgIpc) is 3.53. The maximum Gasteiger partial charge on any atom is 0.347 e. The standard InChI is InChI=1S/C42H38N2O5P/c1-2-42(48,36-27-38-39-31(28-44(38)40(46)35(36)29-45)26-30-16-12-13-23-37(30)43-39)41(47)49-24-14-15-25-50(32-17-6-3-7-18-32,33-19-8-4-9-20-33)34-21-10-5-11-22-34/h3-14,16-24,26-27,45,48H,2,15,25,28-29H2,1H3/q+1/b24-14+/t42-/m0/s1. The maximum absolute atomic E-state index is 13.7. The Balaban J connectivity index is 1.18. The van der Waals surface area contributed by atoms with E-state index in [1.807, 2.05) is 54.6 Å². The minimum atomic E-state index is -2.17. The van der Waals surface area contributed by atoms with Crippen molar-refractivity contribution in [2.75, 3.05) is 6.16 Å². The van der Waals surface area contributed by atoms with Crippen LogP contribution in [0.25, 0.3) is 22.3 Å². The third kappa shape index (κ3) is 5.77. The van der Waals surface area contributed by atoms with Crippen LogP contribution in [-0.4, -0.2) is 31.9 Å². The van der Waals surface area contributed by atoms with Gasteiger partial charge in [0.15, 0.2) is 5.60 Å². The van der Waals surface area contributed by atoms with Gasteiger partial charge in [-0.05, 0) is 67.1 Å². The number of esters is 1. The van der Waals surface area contributed by atoms with Crippen molar-refractivity contribution < 1.29 is 19.7 Å². The lowest BCUT2D eigenvalue weighted by Gasteiger charge is -2.27. The van der Waals surface area contributed by atoms with Crippen LogP contribution in [0.2, 0.25) is 0 Å². The molecule has 0 bridgehead atoms. The highest BCUT2D eigenvalue weighted by Crippen LogP contribution is 2.55. The van der Waals surface area contributed by atoms with Crippen molar-refractivity contribution in [1.82, 2.24) is 9.55 Å². The molecule has 0 fully saturated rings. The maximum atomic E-state index is 13.7. The fraction of sp³-hybridized carbons (Fsp3) is 0.167. The van der Waals surface area contributed by atoms with Crippen LogP contribution < -0.4 is 21.5 Å². The fourth-order valence-electron chi connectivity index (χ4n) is 7.11. The molecule has 3 heterocycles. The van der Waals surface area contributed by atoms with Gasteiger partial charge in [-0.15, -0.1) is 0 Å². The number of aliphatic hydroxyl groups is 2. The molecule has 8 heteroatoms. The average molecular weight is 682 g/mol. The van der Waals surface area contributed by atoms with Crippen LogP contribution in [0.3, 0.4) is 0 Å². The lowest BCUT2D eigenvalue weighted by atomic mass is 9.87. The molecule has 50 heavy (non-hydrogen) atoms. The summed E-state index contributed by atoms with van der Waals surface area (Å²) in [6.07, 6.45) is 4.46. The molecule has 6 aromatic rings. The van der Waals surface area contributed by atoms with Gasteiger partial charge in [-0.1, -0.05) is 79.7 Å². The molecule has 250 valence electrons. The quantitative estimate of drug-likeness (QED) is 0.0994. The van der Waals surface area contributed by atoms with E-state index in [1.54, 1.807) is 13.0 Å². The van der Waals surface area contributed by atoms with E-state index in [1.165, 1.54) is 26.7 Å². The molecule has 0 spiro atoms. The number of hydrogen-bond donors (Lipinski definition) is 2. The number of allylic oxidation sites excluding steroid dienone is 1. The molecule has 0 aliphatic carbocycles. The summed E-state index contributed by atoms with van der Waals surface area (Å²) in [6.45, 7) is 1.29. The van der Waals surface area contributed by atoms with E-state index in [0.717, 1.165) is 22.6 Å². The monoisotopic (exact) mass is 681 g/mol. The van der Waals surface area contributed by atoms with Gasteiger partial charge in [-0.25, -0.2) is 9.78 Å². The van der Waals surface area contributed by atoms with E-state index in [-0.39, 0.29) is 24.1 Å². The van der Waals surface area contributed by atoms with Gasteiger partial charge in [0.1, 0.15) is 23.2 Å². The number of nitrogens with zero attached hydrogens (tertiary/aromatic N) is 2. The molecule has 1 aliphatic heterocycles. The van der Waals surface area contributed by atoms with E-state index in [2.05, 4.69) is 72.8 Å². The summed E-state index contributed by atoms with van der Waals surface area (Å²) in [6, 6.07) is 42.9. The number of aliphatic hydroxyl groups excluding tert-OH is 1. The zero-order chi connectivity index (χ0) is 34.7. The predicted molar refractivity (Wildman–Crippen MR) is 201 cm³/mol. The minimum Gasteiger partial charge on any atom is -0.432 e. The first-order chi connectivity index (χ1) is 24.4. The zero-order valence-electron chi connectivity index (χ0n) is 27.8. The number of carbonyl (C=O) groups is 1. The van der Waals surface area contributed by atoms with Crippen molar-refractivity contribution in [2.24, 2.45) is 0 Å². The molecular formula is C42H38N2O5P+. The predicted octanol–water partition coefficient (Wildman–Crippen LogP) is 5.96. The Morgan fingerprint density at radius 3 is 2.04 bits per heavy atom. The van der Waals surface area contributed by atoms with Crippen molar-refractivity contribution in [3.05, 3.63) is 167 Å². The second-order valence-corrected chi connectivity index (χ2v) is 16.1. The normalized spacial score (nSPS) is 13.6. The number of fused-ring (bicyclic) bond motifs is 4. The van der Waals surface area contributed by atoms with Gasteiger partial charge in [-0.2, -0.15) is 0 Å². The summed E-state index contributed by atoms with van der Waals surface area (Å²) in [5.41, 5.74) is 0.0656. The molecule has 0 saturated heterocycles. The zero-order valence-corrected chi connectivity index (χ0v) is 28.7. The summed E-state index contributed by atoms with van der Waals surface area (Å²) in [7, 11) is -2.08. The summed E-state index contributed by atoms with van der Waals surface area (Å²) >= 11 is 0. The van der Waals surface area contributed by atoms with Crippen LogP contribution in [0.5, 0.6) is 0 Å². The first-order valence-electron chi connectivity index (χ1n) is 16.8. The lowest BCUT2D eigenvalue weighted by molar-refractivity contribution is -0.161. The Bertz CT molecular complexity index is 2160. The van der Waals surface area contributed by atoms with Gasteiger partial charge in [0.2, 0.25) is 0 Å². The second kappa shape index (κ2) is 14.0.